The van der Waals surface area contributed by atoms with Crippen molar-refractivity contribution in [3.8, 4) is 0 Å². The van der Waals surface area contributed by atoms with Crippen LogP contribution in [0.25, 0.3) is 0 Å². The first-order valence-electron chi connectivity index (χ1n) is 8.77. The lowest BCUT2D eigenvalue weighted by Gasteiger charge is -2.49. The molecule has 0 aromatic rings. The minimum Gasteiger partial charge on any atom is -0.384 e. The molecule has 3 rings (SSSR count). The standard InChI is InChI=1S/C17H32N2O/c1-20-14-17(8-10-18-11-9-17)13-19-12-4-6-15-5-2-3-7-16(15)19/h15-16,18H,2-14H2,1H3/t15-,16-/m1/s1. The Morgan fingerprint density at radius 2 is 1.85 bits per heavy atom. The zero-order valence-electron chi connectivity index (χ0n) is 13.2. The number of hydrogen-bond acceptors (Lipinski definition) is 3. The van der Waals surface area contributed by atoms with Crippen molar-refractivity contribution in [2.24, 2.45) is 11.3 Å². The van der Waals surface area contributed by atoms with Gasteiger partial charge in [-0.1, -0.05) is 12.8 Å². The van der Waals surface area contributed by atoms with Crippen LogP contribution in [0.3, 0.4) is 0 Å². The van der Waals surface area contributed by atoms with Crippen molar-refractivity contribution in [1.82, 2.24) is 10.2 Å². The number of hydrogen-bond donors (Lipinski definition) is 1. The van der Waals surface area contributed by atoms with E-state index in [9.17, 15) is 0 Å². The van der Waals surface area contributed by atoms with E-state index in [1.807, 2.05) is 7.11 Å². The summed E-state index contributed by atoms with van der Waals surface area (Å²) < 4.78 is 5.61. The summed E-state index contributed by atoms with van der Waals surface area (Å²) in [5.74, 6) is 0.999. The summed E-state index contributed by atoms with van der Waals surface area (Å²) in [5.41, 5.74) is 0.416. The van der Waals surface area contributed by atoms with Gasteiger partial charge in [0.15, 0.2) is 0 Å². The molecule has 1 N–H and O–H groups in total. The molecule has 0 unspecified atom stereocenters. The maximum atomic E-state index is 5.61. The third-order valence-electron chi connectivity index (χ3n) is 6.01. The molecule has 20 heavy (non-hydrogen) atoms. The molecule has 3 nitrogen and oxygen atoms in total. The second kappa shape index (κ2) is 6.76. The van der Waals surface area contributed by atoms with E-state index < -0.39 is 0 Å². The monoisotopic (exact) mass is 280 g/mol. The van der Waals surface area contributed by atoms with Crippen molar-refractivity contribution >= 4 is 0 Å². The molecule has 2 saturated heterocycles. The van der Waals surface area contributed by atoms with Gasteiger partial charge in [-0.05, 0) is 64.1 Å². The molecule has 0 aromatic carbocycles. The first-order chi connectivity index (χ1) is 9.83. The van der Waals surface area contributed by atoms with Crippen LogP contribution >= 0.6 is 0 Å². The second-order valence-corrected chi connectivity index (χ2v) is 7.41. The first-order valence-corrected chi connectivity index (χ1v) is 8.77. The molecule has 2 aliphatic heterocycles. The van der Waals surface area contributed by atoms with Crippen LogP contribution < -0.4 is 5.32 Å². The number of fused-ring (bicyclic) bond motifs is 1. The van der Waals surface area contributed by atoms with E-state index in [2.05, 4.69) is 10.2 Å². The van der Waals surface area contributed by atoms with E-state index in [1.165, 1.54) is 77.5 Å². The maximum Gasteiger partial charge on any atom is 0.0531 e. The average molecular weight is 280 g/mol. The molecular weight excluding hydrogens is 248 g/mol. The first kappa shape index (κ1) is 14.8. The minimum atomic E-state index is 0.416. The molecule has 3 aliphatic rings. The van der Waals surface area contributed by atoms with Crippen molar-refractivity contribution < 1.29 is 4.74 Å². The summed E-state index contributed by atoms with van der Waals surface area (Å²) in [4.78, 5) is 2.86. The zero-order valence-corrected chi connectivity index (χ0v) is 13.2. The van der Waals surface area contributed by atoms with Gasteiger partial charge in [-0.25, -0.2) is 0 Å². The molecule has 3 fully saturated rings. The molecule has 0 aromatic heterocycles. The van der Waals surface area contributed by atoms with Crippen LogP contribution in [0.4, 0.5) is 0 Å². The molecule has 3 heteroatoms. The van der Waals surface area contributed by atoms with Gasteiger partial charge in [0, 0.05) is 25.1 Å². The largest absolute Gasteiger partial charge is 0.384 e. The average Bonchev–Trinajstić information content (AvgIpc) is 2.49. The fraction of sp³-hybridized carbons (Fsp3) is 1.00. The number of ether oxygens (including phenoxy) is 1. The van der Waals surface area contributed by atoms with Crippen molar-refractivity contribution in [1.29, 1.82) is 0 Å². The van der Waals surface area contributed by atoms with Crippen LogP contribution in [-0.4, -0.2) is 50.8 Å². The van der Waals surface area contributed by atoms with E-state index in [0.717, 1.165) is 18.6 Å². The molecule has 0 amide bonds. The molecule has 0 radical (unpaired) electrons. The van der Waals surface area contributed by atoms with Gasteiger partial charge in [0.1, 0.15) is 0 Å². The number of likely N-dealkylation sites (tertiary alicyclic amines) is 1. The molecule has 0 bridgehead atoms. The van der Waals surface area contributed by atoms with Gasteiger partial charge in [0.25, 0.3) is 0 Å². The van der Waals surface area contributed by atoms with Gasteiger partial charge < -0.3 is 10.1 Å². The van der Waals surface area contributed by atoms with Gasteiger partial charge in [0.2, 0.25) is 0 Å². The third-order valence-corrected chi connectivity index (χ3v) is 6.01. The Labute approximate surface area is 124 Å². The zero-order chi connectivity index (χ0) is 13.8. The predicted molar refractivity (Wildman–Crippen MR) is 83.0 cm³/mol. The van der Waals surface area contributed by atoms with Gasteiger partial charge in [0.05, 0.1) is 6.61 Å². The summed E-state index contributed by atoms with van der Waals surface area (Å²) in [6.45, 7) is 5.91. The lowest BCUT2D eigenvalue weighted by Crippen LogP contribution is -2.54. The number of nitrogens with one attached hydrogen (secondary N) is 1. The summed E-state index contributed by atoms with van der Waals surface area (Å²) in [5, 5.41) is 3.52. The molecule has 1 saturated carbocycles. The van der Waals surface area contributed by atoms with Gasteiger partial charge in [-0.2, -0.15) is 0 Å². The lowest BCUT2D eigenvalue weighted by atomic mass is 9.74. The van der Waals surface area contributed by atoms with Crippen LogP contribution in [0, 0.1) is 11.3 Å². The second-order valence-electron chi connectivity index (χ2n) is 7.41. The molecule has 1 aliphatic carbocycles. The topological polar surface area (TPSA) is 24.5 Å². The normalized spacial score (nSPS) is 34.6. The molecule has 116 valence electrons. The van der Waals surface area contributed by atoms with Crippen LogP contribution in [0.1, 0.15) is 51.4 Å². The van der Waals surface area contributed by atoms with E-state index in [0.29, 0.717) is 5.41 Å². The third kappa shape index (κ3) is 3.20. The van der Waals surface area contributed by atoms with Crippen LogP contribution in [0.2, 0.25) is 0 Å². The number of piperidine rings is 2. The Bertz CT molecular complexity index is 294. The van der Waals surface area contributed by atoms with Crippen LogP contribution in [-0.2, 0) is 4.74 Å². The highest BCUT2D eigenvalue weighted by atomic mass is 16.5. The smallest absolute Gasteiger partial charge is 0.0531 e. The number of methoxy groups -OCH3 is 1. The van der Waals surface area contributed by atoms with E-state index in [1.54, 1.807) is 0 Å². The quantitative estimate of drug-likeness (QED) is 0.857. The summed E-state index contributed by atoms with van der Waals surface area (Å²) in [7, 11) is 1.88. The molecular formula is C17H32N2O. The summed E-state index contributed by atoms with van der Waals surface area (Å²) in [6, 6.07) is 0.890. The fourth-order valence-corrected chi connectivity index (χ4v) is 4.97. The van der Waals surface area contributed by atoms with Crippen molar-refractivity contribution in [3.05, 3.63) is 0 Å². The van der Waals surface area contributed by atoms with Gasteiger partial charge in [-0.15, -0.1) is 0 Å². The Hall–Kier alpha value is -0.120. The van der Waals surface area contributed by atoms with Gasteiger partial charge >= 0.3 is 0 Å². The molecule has 0 spiro atoms. The SMILES string of the molecule is COCC1(CN2CCC[C@H]3CCCC[C@H]32)CCNCC1. The highest BCUT2D eigenvalue weighted by Crippen LogP contribution is 2.38. The predicted octanol–water partition coefficient (Wildman–Crippen LogP) is 2.66. The van der Waals surface area contributed by atoms with Crippen molar-refractivity contribution in [2.45, 2.75) is 57.4 Å². The summed E-state index contributed by atoms with van der Waals surface area (Å²) in [6.07, 6.45) is 11.3. The van der Waals surface area contributed by atoms with Crippen LogP contribution in [0.5, 0.6) is 0 Å². The summed E-state index contributed by atoms with van der Waals surface area (Å²) >= 11 is 0. The van der Waals surface area contributed by atoms with E-state index in [-0.39, 0.29) is 0 Å². The van der Waals surface area contributed by atoms with Crippen molar-refractivity contribution in [2.75, 3.05) is 39.9 Å². The number of nitrogens with zero attached hydrogens (tertiary/aromatic N) is 1. The highest BCUT2D eigenvalue weighted by Gasteiger charge is 2.39. The highest BCUT2D eigenvalue weighted by molar-refractivity contribution is 4.93. The lowest BCUT2D eigenvalue weighted by molar-refractivity contribution is -0.0209. The minimum absolute atomic E-state index is 0.416. The molecule has 2 heterocycles. The fourth-order valence-electron chi connectivity index (χ4n) is 4.97. The van der Waals surface area contributed by atoms with Crippen LogP contribution in [0.15, 0.2) is 0 Å². The van der Waals surface area contributed by atoms with Crippen molar-refractivity contribution in [3.63, 3.8) is 0 Å². The van der Waals surface area contributed by atoms with E-state index >= 15 is 0 Å². The van der Waals surface area contributed by atoms with Gasteiger partial charge in [-0.3, -0.25) is 4.90 Å². The molecule has 2 atom stereocenters. The Morgan fingerprint density at radius 3 is 2.65 bits per heavy atom. The Balaban J connectivity index is 1.66. The maximum absolute atomic E-state index is 5.61. The number of rotatable bonds is 4. The Morgan fingerprint density at radius 1 is 1.10 bits per heavy atom. The van der Waals surface area contributed by atoms with E-state index in [4.69, 9.17) is 4.74 Å². The Kier molecular flexibility index (Phi) is 5.00.